The van der Waals surface area contributed by atoms with Gasteiger partial charge in [0.15, 0.2) is 0 Å². The van der Waals surface area contributed by atoms with Crippen LogP contribution in [-0.4, -0.2) is 78.9 Å². The number of carbonyl (C=O) groups excluding carboxylic acids is 3. The molecule has 1 aromatic rings. The van der Waals surface area contributed by atoms with E-state index >= 15 is 0 Å². The Hall–Kier alpha value is -2.35. The van der Waals surface area contributed by atoms with Crippen LogP contribution in [0.2, 0.25) is 0 Å². The van der Waals surface area contributed by atoms with Crippen LogP contribution < -0.4 is 5.32 Å². The van der Waals surface area contributed by atoms with Gasteiger partial charge in [0.05, 0.1) is 18.6 Å². The van der Waals surface area contributed by atoms with Crippen LogP contribution in [0.15, 0.2) is 0 Å². The highest BCUT2D eigenvalue weighted by Gasteiger charge is 2.31. The van der Waals surface area contributed by atoms with Crippen LogP contribution in [0.3, 0.4) is 0 Å². The zero-order valence-corrected chi connectivity index (χ0v) is 18.3. The molecule has 0 bridgehead atoms. The van der Waals surface area contributed by atoms with Gasteiger partial charge in [-0.1, -0.05) is 13.8 Å². The quantitative estimate of drug-likeness (QED) is 0.641. The molecule has 8 nitrogen and oxygen atoms in total. The predicted molar refractivity (Wildman–Crippen MR) is 111 cm³/mol. The zero-order chi connectivity index (χ0) is 21.6. The van der Waals surface area contributed by atoms with Crippen LogP contribution in [0, 0.1) is 19.8 Å². The third-order valence-electron chi connectivity index (χ3n) is 5.74. The van der Waals surface area contributed by atoms with E-state index in [1.165, 1.54) is 7.11 Å². The number of carbonyl (C=O) groups is 3. The molecule has 2 amide bonds. The number of aromatic amines is 1. The third kappa shape index (κ3) is 5.38. The average Bonchev–Trinajstić information content (AvgIpc) is 3.04. The van der Waals surface area contributed by atoms with Gasteiger partial charge in [-0.15, -0.1) is 0 Å². The second-order valence-electron chi connectivity index (χ2n) is 7.52. The first-order valence-corrected chi connectivity index (χ1v) is 10.4. The summed E-state index contributed by atoms with van der Waals surface area (Å²) < 4.78 is 4.82. The predicted octanol–water partition coefficient (Wildman–Crippen LogP) is 1.73. The highest BCUT2D eigenvalue weighted by molar-refractivity contribution is 6.00. The lowest BCUT2D eigenvalue weighted by molar-refractivity contribution is -0.126. The molecule has 0 aliphatic carbocycles. The summed E-state index contributed by atoms with van der Waals surface area (Å²) in [6.07, 6.45) is 1.56. The molecule has 2 rings (SSSR count). The number of aryl methyl sites for hydroxylation is 1. The van der Waals surface area contributed by atoms with Crippen LogP contribution in [-0.2, 0) is 9.53 Å². The maximum atomic E-state index is 13.1. The fourth-order valence-corrected chi connectivity index (χ4v) is 3.93. The number of ether oxygens (including phenoxy) is 1. The van der Waals surface area contributed by atoms with Crippen LogP contribution >= 0.6 is 0 Å². The number of nitrogens with zero attached hydrogens (tertiary/aromatic N) is 2. The molecular formula is C21H34N4O4. The average molecular weight is 407 g/mol. The molecule has 29 heavy (non-hydrogen) atoms. The molecule has 2 N–H and O–H groups in total. The van der Waals surface area contributed by atoms with E-state index in [9.17, 15) is 14.4 Å². The Morgan fingerprint density at radius 2 is 1.93 bits per heavy atom. The minimum Gasteiger partial charge on any atom is -0.465 e. The molecule has 1 aliphatic rings. The van der Waals surface area contributed by atoms with Crippen molar-refractivity contribution in [3.63, 3.8) is 0 Å². The van der Waals surface area contributed by atoms with Gasteiger partial charge < -0.3 is 24.8 Å². The number of piperidine rings is 1. The van der Waals surface area contributed by atoms with Crippen molar-refractivity contribution in [2.75, 3.05) is 46.4 Å². The number of hydrogen-bond donors (Lipinski definition) is 2. The zero-order valence-electron chi connectivity index (χ0n) is 18.3. The summed E-state index contributed by atoms with van der Waals surface area (Å²) in [5.74, 6) is -0.842. The number of likely N-dealkylation sites (tertiary alicyclic amines) is 1. The van der Waals surface area contributed by atoms with Gasteiger partial charge in [0.2, 0.25) is 5.91 Å². The van der Waals surface area contributed by atoms with Crippen molar-refractivity contribution in [1.29, 1.82) is 0 Å². The molecule has 2 heterocycles. The Morgan fingerprint density at radius 1 is 1.24 bits per heavy atom. The molecule has 0 aromatic carbocycles. The van der Waals surface area contributed by atoms with Gasteiger partial charge in [0, 0.05) is 31.9 Å². The second-order valence-corrected chi connectivity index (χ2v) is 7.52. The van der Waals surface area contributed by atoms with E-state index in [2.05, 4.69) is 29.0 Å². The van der Waals surface area contributed by atoms with Crippen molar-refractivity contribution in [1.82, 2.24) is 20.1 Å². The summed E-state index contributed by atoms with van der Waals surface area (Å²) in [7, 11) is 1.32. The first-order valence-electron chi connectivity index (χ1n) is 10.4. The van der Waals surface area contributed by atoms with Gasteiger partial charge in [-0.05, 0) is 45.3 Å². The maximum Gasteiger partial charge on any atom is 0.339 e. The van der Waals surface area contributed by atoms with Crippen LogP contribution in [0.4, 0.5) is 0 Å². The lowest BCUT2D eigenvalue weighted by atomic mass is 9.96. The smallest absolute Gasteiger partial charge is 0.339 e. The number of esters is 1. The molecule has 0 spiro atoms. The molecule has 1 atom stereocenters. The molecule has 0 saturated carbocycles. The van der Waals surface area contributed by atoms with Crippen LogP contribution in [0.25, 0.3) is 0 Å². The Labute approximate surface area is 173 Å². The molecule has 1 aromatic heterocycles. The lowest BCUT2D eigenvalue weighted by Gasteiger charge is -2.32. The normalized spacial score (nSPS) is 16.8. The van der Waals surface area contributed by atoms with Gasteiger partial charge >= 0.3 is 5.97 Å². The molecule has 0 radical (unpaired) electrons. The molecule has 1 fully saturated rings. The van der Waals surface area contributed by atoms with Gasteiger partial charge in [0.25, 0.3) is 5.91 Å². The minimum absolute atomic E-state index is 0.00398. The second kappa shape index (κ2) is 10.4. The monoisotopic (exact) mass is 406 g/mol. The molecule has 1 saturated heterocycles. The minimum atomic E-state index is -0.459. The highest BCUT2D eigenvalue weighted by atomic mass is 16.5. The lowest BCUT2D eigenvalue weighted by Crippen LogP contribution is -2.46. The number of methoxy groups -OCH3 is 1. The van der Waals surface area contributed by atoms with E-state index in [4.69, 9.17) is 4.74 Å². The Morgan fingerprint density at radius 3 is 2.55 bits per heavy atom. The number of aromatic nitrogens is 1. The number of rotatable bonds is 8. The summed E-state index contributed by atoms with van der Waals surface area (Å²) >= 11 is 0. The van der Waals surface area contributed by atoms with Gasteiger partial charge in [-0.2, -0.15) is 0 Å². The topological polar surface area (TPSA) is 94.7 Å². The van der Waals surface area contributed by atoms with Crippen molar-refractivity contribution >= 4 is 17.8 Å². The number of H-pyrrole nitrogens is 1. The summed E-state index contributed by atoms with van der Waals surface area (Å²) in [5, 5.41) is 3.01. The van der Waals surface area contributed by atoms with Crippen molar-refractivity contribution in [2.24, 2.45) is 5.92 Å². The SMILES string of the molecule is CCN(CC)CCNC(=O)[C@H]1CCCN(C(=O)c2[nH]c(C)c(C(=O)OC)c2C)C1. The summed E-state index contributed by atoms with van der Waals surface area (Å²) in [4.78, 5) is 44.6. The van der Waals surface area contributed by atoms with Crippen molar-refractivity contribution in [3.8, 4) is 0 Å². The van der Waals surface area contributed by atoms with Gasteiger partial charge in [-0.3, -0.25) is 9.59 Å². The number of nitrogens with one attached hydrogen (secondary N) is 2. The van der Waals surface area contributed by atoms with E-state index < -0.39 is 5.97 Å². The fourth-order valence-electron chi connectivity index (χ4n) is 3.93. The Kier molecular flexibility index (Phi) is 8.25. The van der Waals surface area contributed by atoms with Gasteiger partial charge in [-0.25, -0.2) is 4.79 Å². The van der Waals surface area contributed by atoms with Crippen molar-refractivity contribution in [3.05, 3.63) is 22.5 Å². The van der Waals surface area contributed by atoms with E-state index in [0.29, 0.717) is 42.1 Å². The molecule has 1 aliphatic heterocycles. The number of amides is 2. The standard InChI is InChI=1S/C21H34N4O4/c1-6-24(7-2)12-10-22-19(26)16-9-8-11-25(13-16)20(27)18-14(3)17(15(4)23-18)21(28)29-5/h16,23H,6-13H2,1-5H3,(H,22,26)/t16-/m0/s1. The first-order chi connectivity index (χ1) is 13.8. The fraction of sp³-hybridized carbons (Fsp3) is 0.667. The Balaban J connectivity index is 2.01. The largest absolute Gasteiger partial charge is 0.465 e. The number of likely N-dealkylation sites (N-methyl/N-ethyl adjacent to an activating group) is 1. The highest BCUT2D eigenvalue weighted by Crippen LogP contribution is 2.23. The van der Waals surface area contributed by atoms with Crippen LogP contribution in [0.5, 0.6) is 0 Å². The summed E-state index contributed by atoms with van der Waals surface area (Å²) in [6.45, 7) is 12.0. The van der Waals surface area contributed by atoms with Crippen molar-refractivity contribution < 1.29 is 19.1 Å². The molecule has 162 valence electrons. The van der Waals surface area contributed by atoms with Gasteiger partial charge in [0.1, 0.15) is 5.69 Å². The maximum absolute atomic E-state index is 13.1. The first kappa shape index (κ1) is 22.9. The summed E-state index contributed by atoms with van der Waals surface area (Å²) in [6, 6.07) is 0. The van der Waals surface area contributed by atoms with Crippen LogP contribution in [0.1, 0.15) is 58.8 Å². The van der Waals surface area contributed by atoms with E-state index in [0.717, 1.165) is 32.5 Å². The van der Waals surface area contributed by atoms with E-state index in [1.54, 1.807) is 18.7 Å². The third-order valence-corrected chi connectivity index (χ3v) is 5.74. The van der Waals surface area contributed by atoms with E-state index in [1.807, 2.05) is 0 Å². The molecule has 8 heteroatoms. The number of hydrogen-bond acceptors (Lipinski definition) is 5. The van der Waals surface area contributed by atoms with E-state index in [-0.39, 0.29) is 17.7 Å². The Bertz CT molecular complexity index is 739. The summed E-state index contributed by atoms with van der Waals surface area (Å²) in [5.41, 5.74) is 1.99. The van der Waals surface area contributed by atoms with Crippen molar-refractivity contribution in [2.45, 2.75) is 40.5 Å². The molecule has 0 unspecified atom stereocenters. The molecular weight excluding hydrogens is 372 g/mol.